The lowest BCUT2D eigenvalue weighted by molar-refractivity contribution is 0.513. The van der Waals surface area contributed by atoms with Crippen molar-refractivity contribution in [2.24, 2.45) is 0 Å². The monoisotopic (exact) mass is 169 g/mol. The second kappa shape index (κ2) is 5.56. The van der Waals surface area contributed by atoms with Crippen LogP contribution in [0.1, 0.15) is 38.5 Å². The van der Waals surface area contributed by atoms with Crippen molar-refractivity contribution in [1.82, 2.24) is 0 Å². The molecule has 1 rings (SSSR count). The van der Waals surface area contributed by atoms with Gasteiger partial charge in [0.1, 0.15) is 0 Å². The fourth-order valence-corrected chi connectivity index (χ4v) is 3.12. The Morgan fingerprint density at radius 3 is 2.64 bits per heavy atom. The van der Waals surface area contributed by atoms with Crippen molar-refractivity contribution in [3.05, 3.63) is 0 Å². The summed E-state index contributed by atoms with van der Waals surface area (Å²) in [5.74, 6) is 0. The van der Waals surface area contributed by atoms with Gasteiger partial charge in [0.15, 0.2) is 0 Å². The zero-order valence-corrected chi connectivity index (χ0v) is 7.97. The summed E-state index contributed by atoms with van der Waals surface area (Å²) in [4.78, 5) is 0. The molecule has 0 aromatic carbocycles. The topological polar surface area (TPSA) is 23.8 Å². The second-order valence-corrected chi connectivity index (χ2v) is 4.92. The molecular weight excluding hydrogens is 153 g/mol. The van der Waals surface area contributed by atoms with Gasteiger partial charge in [-0.25, -0.2) is 0 Å². The predicted molar refractivity (Wildman–Crippen MR) is 50.3 cm³/mol. The number of nitrogens with zero attached hydrogens (tertiary/aromatic N) is 1. The molecule has 0 N–H and O–H groups in total. The van der Waals surface area contributed by atoms with Crippen LogP contribution in [0.25, 0.3) is 0 Å². The fourth-order valence-electron chi connectivity index (χ4n) is 1.64. The van der Waals surface area contributed by atoms with Crippen LogP contribution in [-0.2, 0) is 0 Å². The van der Waals surface area contributed by atoms with Crippen LogP contribution < -0.4 is 0 Å². The van der Waals surface area contributed by atoms with Crippen molar-refractivity contribution in [1.29, 1.82) is 5.26 Å². The molecule has 0 heterocycles. The van der Waals surface area contributed by atoms with Gasteiger partial charge in [0.25, 0.3) is 0 Å². The van der Waals surface area contributed by atoms with E-state index in [1.165, 1.54) is 32.1 Å². The van der Waals surface area contributed by atoms with E-state index in [1.807, 2.05) is 0 Å². The summed E-state index contributed by atoms with van der Waals surface area (Å²) in [5.41, 5.74) is 0.983. The maximum absolute atomic E-state index is 8.35. The van der Waals surface area contributed by atoms with Crippen LogP contribution in [0.3, 0.4) is 0 Å². The Balaban J connectivity index is 2.01. The van der Waals surface area contributed by atoms with E-state index in [0.717, 1.165) is 26.8 Å². The van der Waals surface area contributed by atoms with Crippen molar-refractivity contribution in [2.45, 2.75) is 44.2 Å². The molecule has 1 aliphatic rings. The third-order valence-electron chi connectivity index (χ3n) is 2.27. The predicted octanol–water partition coefficient (Wildman–Crippen LogP) is 2.91. The molecule has 1 unspecified atom stereocenters. The molecule has 1 saturated carbocycles. The minimum Gasteiger partial charge on any atom is -0.198 e. The van der Waals surface area contributed by atoms with E-state index < -0.39 is 0 Å². The summed E-state index contributed by atoms with van der Waals surface area (Å²) < 4.78 is 0. The summed E-state index contributed by atoms with van der Waals surface area (Å²) in [6.07, 6.45) is 9.11. The smallest absolute Gasteiger partial charge is 0.0625 e. The molecule has 1 nitrogen and oxygen atoms in total. The SMILES string of the molecule is N#CCCPC1CCCCC1. The van der Waals surface area contributed by atoms with Crippen LogP contribution in [-0.4, -0.2) is 11.8 Å². The molecule has 0 amide bonds. The molecule has 1 atom stereocenters. The lowest BCUT2D eigenvalue weighted by atomic mass is 10.0. The first-order valence-electron chi connectivity index (χ1n) is 4.54. The summed E-state index contributed by atoms with van der Waals surface area (Å²) in [6.45, 7) is 0. The number of nitriles is 1. The van der Waals surface area contributed by atoms with Gasteiger partial charge in [-0.05, 0) is 24.7 Å². The normalized spacial score (nSPS) is 20.6. The van der Waals surface area contributed by atoms with Crippen molar-refractivity contribution in [3.63, 3.8) is 0 Å². The third kappa shape index (κ3) is 3.73. The lowest BCUT2D eigenvalue weighted by Gasteiger charge is -2.20. The first-order valence-corrected chi connectivity index (χ1v) is 5.82. The van der Waals surface area contributed by atoms with Crippen LogP contribution in [0.2, 0.25) is 0 Å². The molecule has 1 fully saturated rings. The maximum Gasteiger partial charge on any atom is 0.0625 e. The Bertz CT molecular complexity index is 133. The van der Waals surface area contributed by atoms with Gasteiger partial charge in [-0.15, -0.1) is 8.58 Å². The molecule has 0 spiro atoms. The highest BCUT2D eigenvalue weighted by Gasteiger charge is 2.11. The van der Waals surface area contributed by atoms with E-state index in [1.54, 1.807) is 0 Å². The van der Waals surface area contributed by atoms with Gasteiger partial charge < -0.3 is 0 Å². The number of hydrogen-bond acceptors (Lipinski definition) is 1. The van der Waals surface area contributed by atoms with Crippen LogP contribution >= 0.6 is 8.58 Å². The van der Waals surface area contributed by atoms with E-state index in [4.69, 9.17) is 5.26 Å². The summed E-state index contributed by atoms with van der Waals surface area (Å²) in [6, 6.07) is 2.21. The quantitative estimate of drug-likeness (QED) is 0.470. The minimum absolute atomic E-state index is 0.773. The molecule has 0 aromatic rings. The molecule has 1 aliphatic carbocycles. The average molecular weight is 169 g/mol. The van der Waals surface area contributed by atoms with Gasteiger partial charge in [0.2, 0.25) is 0 Å². The van der Waals surface area contributed by atoms with E-state index in [-0.39, 0.29) is 0 Å². The van der Waals surface area contributed by atoms with E-state index in [2.05, 4.69) is 6.07 Å². The molecule has 0 aliphatic heterocycles. The van der Waals surface area contributed by atoms with Gasteiger partial charge in [-0.3, -0.25) is 0 Å². The molecular formula is C9H16NP. The number of rotatable bonds is 3. The molecule has 2 heteroatoms. The van der Waals surface area contributed by atoms with Crippen molar-refractivity contribution in [2.75, 3.05) is 6.16 Å². The van der Waals surface area contributed by atoms with Gasteiger partial charge in [0.05, 0.1) is 6.07 Å². The van der Waals surface area contributed by atoms with E-state index >= 15 is 0 Å². The molecule has 0 radical (unpaired) electrons. The molecule has 62 valence electrons. The third-order valence-corrected chi connectivity index (χ3v) is 3.97. The standard InChI is InChI=1S/C9H16NP/c10-7-4-8-11-9-5-2-1-3-6-9/h9,11H,1-6,8H2. The van der Waals surface area contributed by atoms with Gasteiger partial charge >= 0.3 is 0 Å². The Morgan fingerprint density at radius 1 is 1.27 bits per heavy atom. The Labute approximate surface area is 71.0 Å². The summed E-state index contributed by atoms with van der Waals surface area (Å²) >= 11 is 0. The minimum atomic E-state index is 0.773. The Hall–Kier alpha value is -0.0800. The summed E-state index contributed by atoms with van der Waals surface area (Å²) in [5, 5.41) is 8.35. The highest BCUT2D eigenvalue weighted by molar-refractivity contribution is 7.38. The molecule has 0 aromatic heterocycles. The average Bonchev–Trinajstić information content (AvgIpc) is 2.07. The highest BCUT2D eigenvalue weighted by atomic mass is 31.1. The summed E-state index contributed by atoms with van der Waals surface area (Å²) in [7, 11) is 1.07. The maximum atomic E-state index is 8.35. The zero-order chi connectivity index (χ0) is 7.94. The number of hydrogen-bond donors (Lipinski definition) is 0. The van der Waals surface area contributed by atoms with Gasteiger partial charge in [-0.2, -0.15) is 5.26 Å². The van der Waals surface area contributed by atoms with Crippen molar-refractivity contribution in [3.8, 4) is 6.07 Å². The first kappa shape index (κ1) is 9.01. The Kier molecular flexibility index (Phi) is 4.55. The van der Waals surface area contributed by atoms with Gasteiger partial charge in [-0.1, -0.05) is 19.3 Å². The van der Waals surface area contributed by atoms with Crippen LogP contribution in [0, 0.1) is 11.3 Å². The highest BCUT2D eigenvalue weighted by Crippen LogP contribution is 2.32. The second-order valence-electron chi connectivity index (χ2n) is 3.20. The van der Waals surface area contributed by atoms with Crippen LogP contribution in [0.5, 0.6) is 0 Å². The van der Waals surface area contributed by atoms with Crippen LogP contribution in [0.4, 0.5) is 0 Å². The van der Waals surface area contributed by atoms with Crippen molar-refractivity contribution < 1.29 is 0 Å². The molecule has 0 bridgehead atoms. The zero-order valence-electron chi connectivity index (χ0n) is 6.97. The fraction of sp³-hybridized carbons (Fsp3) is 0.889. The Morgan fingerprint density at radius 2 is 2.00 bits per heavy atom. The van der Waals surface area contributed by atoms with Gasteiger partial charge in [0, 0.05) is 6.42 Å². The largest absolute Gasteiger partial charge is 0.198 e. The molecule has 0 saturated heterocycles. The van der Waals surface area contributed by atoms with Crippen LogP contribution in [0.15, 0.2) is 0 Å². The van der Waals surface area contributed by atoms with E-state index in [9.17, 15) is 0 Å². The lowest BCUT2D eigenvalue weighted by Crippen LogP contribution is -2.06. The van der Waals surface area contributed by atoms with Crippen molar-refractivity contribution >= 4 is 8.58 Å². The van der Waals surface area contributed by atoms with E-state index in [0.29, 0.717) is 0 Å². The molecule has 11 heavy (non-hydrogen) atoms. The first-order chi connectivity index (χ1) is 5.43.